The molecule has 0 aliphatic rings. The first-order valence-corrected chi connectivity index (χ1v) is 9.88. The van der Waals surface area contributed by atoms with Gasteiger partial charge in [-0.3, -0.25) is 0 Å². The van der Waals surface area contributed by atoms with Gasteiger partial charge >= 0.3 is 0 Å². The van der Waals surface area contributed by atoms with Crippen LogP contribution in [0.1, 0.15) is 11.1 Å². The number of methoxy groups -OCH3 is 4. The smallest absolute Gasteiger partial charge is 0.206 e. The molecule has 168 valence electrons. The zero-order valence-corrected chi connectivity index (χ0v) is 18.6. The minimum atomic E-state index is 0.0197. The Kier molecular flexibility index (Phi) is 7.97. The molecule has 1 N–H and O–H groups in total. The molecule has 8 nitrogen and oxygen atoms in total. The van der Waals surface area contributed by atoms with Gasteiger partial charge in [0, 0.05) is 29.8 Å². The first-order chi connectivity index (χ1) is 15.6. The number of fused-ring (bicyclic) bond motifs is 1. The fourth-order valence-corrected chi connectivity index (χ4v) is 3.21. The highest BCUT2D eigenvalue weighted by Gasteiger charge is 2.16. The van der Waals surface area contributed by atoms with Gasteiger partial charge in [0.25, 0.3) is 0 Å². The summed E-state index contributed by atoms with van der Waals surface area (Å²) in [5.74, 6) is 2.06. The van der Waals surface area contributed by atoms with Crippen molar-refractivity contribution in [2.75, 3.05) is 48.4 Å². The van der Waals surface area contributed by atoms with E-state index in [1.54, 1.807) is 32.4 Å². The van der Waals surface area contributed by atoms with Crippen LogP contribution in [0.15, 0.2) is 36.5 Å². The predicted octanol–water partition coefficient (Wildman–Crippen LogP) is 4.26. The molecule has 0 bridgehead atoms. The Balaban J connectivity index is 1.95. The van der Waals surface area contributed by atoms with Crippen molar-refractivity contribution >= 4 is 22.6 Å². The van der Waals surface area contributed by atoms with E-state index < -0.39 is 0 Å². The number of nitrogens with one attached hydrogen (secondary N) is 1. The fraction of sp³-hybridized carbons (Fsp3) is 0.292. The van der Waals surface area contributed by atoms with E-state index in [0.29, 0.717) is 41.8 Å². The second kappa shape index (κ2) is 11.1. The summed E-state index contributed by atoms with van der Waals surface area (Å²) in [6.45, 7) is 0.896. The summed E-state index contributed by atoms with van der Waals surface area (Å²) in [5.41, 5.74) is 2.88. The van der Waals surface area contributed by atoms with Crippen LogP contribution in [-0.2, 0) is 9.47 Å². The van der Waals surface area contributed by atoms with Crippen LogP contribution in [-0.4, -0.2) is 53.4 Å². The van der Waals surface area contributed by atoms with Gasteiger partial charge in [0.05, 0.1) is 46.2 Å². The number of aromatic nitrogens is 1. The van der Waals surface area contributed by atoms with Crippen LogP contribution in [0.3, 0.4) is 0 Å². The van der Waals surface area contributed by atoms with Gasteiger partial charge in [0.15, 0.2) is 18.3 Å². The summed E-state index contributed by atoms with van der Waals surface area (Å²) in [7, 11) is 6.29. The number of benzene rings is 2. The molecule has 0 amide bonds. The Hall–Kier alpha value is -3.67. The van der Waals surface area contributed by atoms with Crippen LogP contribution in [0, 0.1) is 11.3 Å². The molecule has 0 unspecified atom stereocenters. The van der Waals surface area contributed by atoms with Gasteiger partial charge in [-0.1, -0.05) is 0 Å². The van der Waals surface area contributed by atoms with E-state index in [0.717, 1.165) is 22.0 Å². The molecular weight excluding hydrogens is 412 g/mol. The van der Waals surface area contributed by atoms with Crippen LogP contribution in [0.5, 0.6) is 23.0 Å². The number of aromatic amines is 1. The molecule has 32 heavy (non-hydrogen) atoms. The number of ether oxygens (including phenoxy) is 6. The first kappa shape index (κ1) is 23.0. The Morgan fingerprint density at radius 1 is 1.00 bits per heavy atom. The zero-order valence-electron chi connectivity index (χ0n) is 18.6. The normalized spacial score (nSPS) is 11.3. The van der Waals surface area contributed by atoms with Gasteiger partial charge in [-0.2, -0.15) is 5.26 Å². The maximum atomic E-state index is 9.86. The van der Waals surface area contributed by atoms with E-state index in [1.807, 2.05) is 24.4 Å². The number of hydrogen-bond acceptors (Lipinski definition) is 7. The summed E-state index contributed by atoms with van der Waals surface area (Å²) in [4.78, 5) is 3.19. The number of nitrogens with zero attached hydrogens (tertiary/aromatic N) is 1. The van der Waals surface area contributed by atoms with Crippen LogP contribution in [0.4, 0.5) is 0 Å². The van der Waals surface area contributed by atoms with Crippen molar-refractivity contribution in [1.82, 2.24) is 4.98 Å². The number of allylic oxidation sites excluding steroid dienone is 1. The summed E-state index contributed by atoms with van der Waals surface area (Å²) >= 11 is 0. The number of hydrogen-bond donors (Lipinski definition) is 1. The molecule has 0 spiro atoms. The second-order valence-electron chi connectivity index (χ2n) is 6.70. The molecule has 3 rings (SSSR count). The van der Waals surface area contributed by atoms with Crippen LogP contribution in [0.25, 0.3) is 22.6 Å². The second-order valence-corrected chi connectivity index (χ2v) is 6.70. The van der Waals surface area contributed by atoms with E-state index in [2.05, 4.69) is 11.1 Å². The average molecular weight is 438 g/mol. The lowest BCUT2D eigenvalue weighted by Gasteiger charge is -2.15. The summed E-state index contributed by atoms with van der Waals surface area (Å²) in [6, 6.07) is 11.5. The maximum Gasteiger partial charge on any atom is 0.206 e. The average Bonchev–Trinajstić information content (AvgIpc) is 3.25. The van der Waals surface area contributed by atoms with E-state index in [1.165, 1.54) is 14.2 Å². The molecule has 0 atom stereocenters. The predicted molar refractivity (Wildman–Crippen MR) is 121 cm³/mol. The van der Waals surface area contributed by atoms with E-state index in [9.17, 15) is 5.26 Å². The third kappa shape index (κ3) is 5.14. The molecule has 1 aromatic heterocycles. The van der Waals surface area contributed by atoms with Gasteiger partial charge in [-0.15, -0.1) is 0 Å². The Morgan fingerprint density at radius 3 is 2.38 bits per heavy atom. The summed E-state index contributed by atoms with van der Waals surface area (Å²) in [6.07, 6.45) is 3.58. The van der Waals surface area contributed by atoms with Crippen molar-refractivity contribution in [3.8, 4) is 29.1 Å². The Morgan fingerprint density at radius 2 is 1.75 bits per heavy atom. The summed E-state index contributed by atoms with van der Waals surface area (Å²) in [5, 5.41) is 10.8. The third-order valence-corrected chi connectivity index (χ3v) is 4.81. The fourth-order valence-electron chi connectivity index (χ4n) is 3.21. The van der Waals surface area contributed by atoms with E-state index >= 15 is 0 Å². The molecule has 3 aromatic rings. The molecule has 0 fully saturated rings. The molecule has 0 saturated carbocycles. The van der Waals surface area contributed by atoms with Crippen LogP contribution < -0.4 is 18.9 Å². The lowest BCUT2D eigenvalue weighted by atomic mass is 10.0. The molecule has 2 aromatic carbocycles. The SMILES string of the molecule is COCCOCOc1c(OC)cc(/C=C(\C#N)c2c[nH]c3ccc(OC)cc23)cc1OC. The number of rotatable bonds is 11. The largest absolute Gasteiger partial charge is 0.497 e. The molecule has 0 aliphatic carbocycles. The van der Waals surface area contributed by atoms with Crippen LogP contribution in [0.2, 0.25) is 0 Å². The molecule has 0 radical (unpaired) electrons. The highest BCUT2D eigenvalue weighted by Crippen LogP contribution is 2.40. The maximum absolute atomic E-state index is 9.86. The Bertz CT molecular complexity index is 1100. The standard InChI is InChI=1S/C24H26N2O6/c1-27-7-8-31-15-32-24-22(29-3)10-16(11-23(24)30-4)9-17(13-25)20-14-26-21-6-5-18(28-2)12-19(20)21/h5-6,9-12,14,26H,7-8,15H2,1-4H3/b17-9+. The van der Waals surface area contributed by atoms with Crippen molar-refractivity contribution in [1.29, 1.82) is 5.26 Å². The minimum absolute atomic E-state index is 0.0197. The minimum Gasteiger partial charge on any atom is -0.497 e. The Labute approximate surface area is 186 Å². The highest BCUT2D eigenvalue weighted by atomic mass is 16.7. The molecule has 1 heterocycles. The van der Waals surface area contributed by atoms with Gasteiger partial charge in [-0.25, -0.2) is 0 Å². The van der Waals surface area contributed by atoms with E-state index in [4.69, 9.17) is 28.4 Å². The van der Waals surface area contributed by atoms with Gasteiger partial charge in [0.2, 0.25) is 5.75 Å². The zero-order chi connectivity index (χ0) is 22.9. The van der Waals surface area contributed by atoms with Crippen molar-refractivity contribution in [3.05, 3.63) is 47.7 Å². The molecule has 0 saturated heterocycles. The number of nitriles is 1. The molecule has 0 aliphatic heterocycles. The van der Waals surface area contributed by atoms with Gasteiger partial charge in [-0.05, 0) is 42.0 Å². The number of H-pyrrole nitrogens is 1. The molecular formula is C24H26N2O6. The van der Waals surface area contributed by atoms with Crippen molar-refractivity contribution < 1.29 is 28.4 Å². The lowest BCUT2D eigenvalue weighted by molar-refractivity contribution is -0.0105. The van der Waals surface area contributed by atoms with Gasteiger partial charge < -0.3 is 33.4 Å². The van der Waals surface area contributed by atoms with E-state index in [-0.39, 0.29) is 6.79 Å². The third-order valence-electron chi connectivity index (χ3n) is 4.81. The quantitative estimate of drug-likeness (QED) is 0.272. The topological polar surface area (TPSA) is 95.0 Å². The van der Waals surface area contributed by atoms with Crippen LogP contribution >= 0.6 is 0 Å². The van der Waals surface area contributed by atoms with Crippen molar-refractivity contribution in [3.63, 3.8) is 0 Å². The van der Waals surface area contributed by atoms with Crippen molar-refractivity contribution in [2.45, 2.75) is 0 Å². The molecule has 8 heteroatoms. The van der Waals surface area contributed by atoms with Crippen molar-refractivity contribution in [2.24, 2.45) is 0 Å². The summed E-state index contributed by atoms with van der Waals surface area (Å²) < 4.78 is 32.3. The van der Waals surface area contributed by atoms with Gasteiger partial charge in [0.1, 0.15) is 5.75 Å². The highest BCUT2D eigenvalue weighted by molar-refractivity contribution is 6.01. The first-order valence-electron chi connectivity index (χ1n) is 9.88. The monoisotopic (exact) mass is 438 g/mol. The lowest BCUT2D eigenvalue weighted by Crippen LogP contribution is -2.09.